The summed E-state index contributed by atoms with van der Waals surface area (Å²) in [5.74, 6) is 0. The van der Waals surface area contributed by atoms with Gasteiger partial charge in [-0.3, -0.25) is 0 Å². The Morgan fingerprint density at radius 3 is 1.94 bits per heavy atom. The molecule has 0 saturated heterocycles. The number of nitrogens with one attached hydrogen (secondary N) is 1. The predicted molar refractivity (Wildman–Crippen MR) is 83.2 cm³/mol. The fourth-order valence-corrected chi connectivity index (χ4v) is 2.10. The lowest BCUT2D eigenvalue weighted by Crippen LogP contribution is -2.37. The second kappa shape index (κ2) is 9.80. The van der Waals surface area contributed by atoms with Crippen LogP contribution in [-0.4, -0.2) is 36.1 Å². The highest BCUT2D eigenvalue weighted by molar-refractivity contribution is 4.70. The molecule has 1 N–H and O–H groups in total. The van der Waals surface area contributed by atoms with Crippen LogP contribution in [0.3, 0.4) is 0 Å². The lowest BCUT2D eigenvalue weighted by molar-refractivity contribution is 0.212. The average molecular weight is 256 g/mol. The zero-order chi connectivity index (χ0) is 14.0. The van der Waals surface area contributed by atoms with Crippen molar-refractivity contribution in [1.29, 1.82) is 0 Å². The number of hydrogen-bond acceptors (Lipinski definition) is 2. The first kappa shape index (κ1) is 17.9. The zero-order valence-electron chi connectivity index (χ0n) is 13.7. The van der Waals surface area contributed by atoms with E-state index in [0.29, 0.717) is 6.04 Å². The van der Waals surface area contributed by atoms with Gasteiger partial charge in [0.2, 0.25) is 0 Å². The van der Waals surface area contributed by atoms with Gasteiger partial charge >= 0.3 is 0 Å². The Labute approximate surface area is 116 Å². The Morgan fingerprint density at radius 1 is 0.944 bits per heavy atom. The van der Waals surface area contributed by atoms with Crippen LogP contribution in [-0.2, 0) is 0 Å². The van der Waals surface area contributed by atoms with Crippen molar-refractivity contribution in [2.45, 2.75) is 85.2 Å². The molecule has 110 valence electrons. The molecule has 0 aromatic carbocycles. The number of hydrogen-bond donors (Lipinski definition) is 1. The summed E-state index contributed by atoms with van der Waals surface area (Å²) in [7, 11) is 0. The standard InChI is InChI=1S/C16H36N2/c1-7-8-10-13-18(15(2)3)14-11-9-12-17-16(4,5)6/h15,17H,7-14H2,1-6H3. The van der Waals surface area contributed by atoms with Crippen molar-refractivity contribution in [3.05, 3.63) is 0 Å². The minimum Gasteiger partial charge on any atom is -0.312 e. The van der Waals surface area contributed by atoms with Crippen LogP contribution in [0.2, 0.25) is 0 Å². The Bertz CT molecular complexity index is 182. The summed E-state index contributed by atoms with van der Waals surface area (Å²) < 4.78 is 0. The SMILES string of the molecule is CCCCCN(CCCCNC(C)(C)C)C(C)C. The normalized spacial score (nSPS) is 12.7. The van der Waals surface area contributed by atoms with Crippen LogP contribution in [0.5, 0.6) is 0 Å². The van der Waals surface area contributed by atoms with Crippen LogP contribution in [0.4, 0.5) is 0 Å². The summed E-state index contributed by atoms with van der Waals surface area (Å²) in [6.45, 7) is 17.3. The molecule has 0 spiro atoms. The van der Waals surface area contributed by atoms with Crippen molar-refractivity contribution in [2.24, 2.45) is 0 Å². The van der Waals surface area contributed by atoms with E-state index in [1.807, 2.05) is 0 Å². The number of nitrogens with zero attached hydrogens (tertiary/aromatic N) is 1. The van der Waals surface area contributed by atoms with Gasteiger partial charge in [0.15, 0.2) is 0 Å². The summed E-state index contributed by atoms with van der Waals surface area (Å²) in [6.07, 6.45) is 6.65. The van der Waals surface area contributed by atoms with Crippen LogP contribution in [0, 0.1) is 0 Å². The first-order valence-corrected chi connectivity index (χ1v) is 7.86. The van der Waals surface area contributed by atoms with Crippen molar-refractivity contribution in [3.63, 3.8) is 0 Å². The van der Waals surface area contributed by atoms with E-state index in [0.717, 1.165) is 6.54 Å². The molecule has 0 radical (unpaired) electrons. The molecule has 0 fully saturated rings. The summed E-state index contributed by atoms with van der Waals surface area (Å²) >= 11 is 0. The van der Waals surface area contributed by atoms with E-state index in [1.165, 1.54) is 45.2 Å². The molecule has 2 heteroatoms. The van der Waals surface area contributed by atoms with Gasteiger partial charge in [0.05, 0.1) is 0 Å². The van der Waals surface area contributed by atoms with E-state index >= 15 is 0 Å². The second-order valence-electron chi connectivity index (χ2n) is 6.72. The van der Waals surface area contributed by atoms with Gasteiger partial charge in [-0.1, -0.05) is 19.8 Å². The maximum absolute atomic E-state index is 3.56. The Balaban J connectivity index is 3.64. The maximum Gasteiger partial charge on any atom is 0.00965 e. The molecular weight excluding hydrogens is 220 g/mol. The van der Waals surface area contributed by atoms with Crippen molar-refractivity contribution in [2.75, 3.05) is 19.6 Å². The molecule has 0 rings (SSSR count). The van der Waals surface area contributed by atoms with E-state index in [-0.39, 0.29) is 5.54 Å². The molecule has 0 aliphatic carbocycles. The highest BCUT2D eigenvalue weighted by Gasteiger charge is 2.10. The minimum absolute atomic E-state index is 0.263. The van der Waals surface area contributed by atoms with Crippen LogP contribution in [0.25, 0.3) is 0 Å². The zero-order valence-corrected chi connectivity index (χ0v) is 13.7. The lowest BCUT2D eigenvalue weighted by atomic mass is 10.1. The molecule has 0 atom stereocenters. The molecule has 2 nitrogen and oxygen atoms in total. The van der Waals surface area contributed by atoms with Crippen LogP contribution in [0.15, 0.2) is 0 Å². The third-order valence-electron chi connectivity index (χ3n) is 3.31. The van der Waals surface area contributed by atoms with Crippen molar-refractivity contribution < 1.29 is 0 Å². The summed E-state index contributed by atoms with van der Waals surface area (Å²) in [6, 6.07) is 0.692. The molecule has 0 saturated carbocycles. The summed E-state index contributed by atoms with van der Waals surface area (Å²) in [5, 5.41) is 3.56. The topological polar surface area (TPSA) is 15.3 Å². The van der Waals surface area contributed by atoms with Crippen molar-refractivity contribution in [1.82, 2.24) is 10.2 Å². The van der Waals surface area contributed by atoms with Crippen molar-refractivity contribution in [3.8, 4) is 0 Å². The van der Waals surface area contributed by atoms with Gasteiger partial charge in [-0.15, -0.1) is 0 Å². The highest BCUT2D eigenvalue weighted by atomic mass is 15.1. The van der Waals surface area contributed by atoms with Gasteiger partial charge in [-0.2, -0.15) is 0 Å². The van der Waals surface area contributed by atoms with E-state index < -0.39 is 0 Å². The van der Waals surface area contributed by atoms with Gasteiger partial charge < -0.3 is 10.2 Å². The van der Waals surface area contributed by atoms with E-state index in [1.54, 1.807) is 0 Å². The first-order valence-electron chi connectivity index (χ1n) is 7.86. The lowest BCUT2D eigenvalue weighted by Gasteiger charge is -2.27. The van der Waals surface area contributed by atoms with Crippen molar-refractivity contribution >= 4 is 0 Å². The molecule has 0 aliphatic rings. The summed E-state index contributed by atoms with van der Waals surface area (Å²) in [5.41, 5.74) is 0.263. The Morgan fingerprint density at radius 2 is 1.50 bits per heavy atom. The molecule has 0 amide bonds. The monoisotopic (exact) mass is 256 g/mol. The smallest absolute Gasteiger partial charge is 0.00965 e. The average Bonchev–Trinajstić information content (AvgIpc) is 2.24. The first-order chi connectivity index (χ1) is 8.37. The fraction of sp³-hybridized carbons (Fsp3) is 1.00. The van der Waals surface area contributed by atoms with Gasteiger partial charge in [0.25, 0.3) is 0 Å². The van der Waals surface area contributed by atoms with Gasteiger partial charge in [0, 0.05) is 11.6 Å². The molecule has 0 aliphatic heterocycles. The molecule has 0 aromatic heterocycles. The predicted octanol–water partition coefficient (Wildman–Crippen LogP) is 4.06. The number of rotatable bonds is 10. The van der Waals surface area contributed by atoms with Gasteiger partial charge in [-0.25, -0.2) is 0 Å². The molecule has 18 heavy (non-hydrogen) atoms. The largest absolute Gasteiger partial charge is 0.312 e. The van der Waals surface area contributed by atoms with E-state index in [9.17, 15) is 0 Å². The molecular formula is C16H36N2. The van der Waals surface area contributed by atoms with Gasteiger partial charge in [-0.05, 0) is 73.5 Å². The number of unbranched alkanes of at least 4 members (excludes halogenated alkanes) is 3. The quantitative estimate of drug-likeness (QED) is 0.593. The van der Waals surface area contributed by atoms with E-state index in [4.69, 9.17) is 0 Å². The Hall–Kier alpha value is -0.0800. The molecule has 0 bridgehead atoms. The third-order valence-corrected chi connectivity index (χ3v) is 3.31. The summed E-state index contributed by atoms with van der Waals surface area (Å²) in [4.78, 5) is 2.63. The van der Waals surface area contributed by atoms with Crippen LogP contribution >= 0.6 is 0 Å². The molecule has 0 unspecified atom stereocenters. The van der Waals surface area contributed by atoms with E-state index in [2.05, 4.69) is 51.8 Å². The molecule has 0 heterocycles. The van der Waals surface area contributed by atoms with Gasteiger partial charge in [0.1, 0.15) is 0 Å². The third kappa shape index (κ3) is 11.0. The minimum atomic E-state index is 0.263. The highest BCUT2D eigenvalue weighted by Crippen LogP contribution is 2.06. The second-order valence-corrected chi connectivity index (χ2v) is 6.72. The maximum atomic E-state index is 3.56. The van der Waals surface area contributed by atoms with Crippen LogP contribution in [0.1, 0.15) is 73.6 Å². The fourth-order valence-electron chi connectivity index (χ4n) is 2.10. The van der Waals surface area contributed by atoms with Crippen LogP contribution < -0.4 is 5.32 Å². The Kier molecular flexibility index (Phi) is 9.76. The molecule has 0 aromatic rings.